The average Bonchev–Trinajstić information content (AvgIpc) is 1.84. The minimum atomic E-state index is 0.103. The summed E-state index contributed by atoms with van der Waals surface area (Å²) in [6, 6.07) is 1.38. The van der Waals surface area contributed by atoms with Crippen LogP contribution in [0.4, 0.5) is 0 Å². The van der Waals surface area contributed by atoms with Crippen molar-refractivity contribution < 1.29 is 0 Å². The fraction of sp³-hybridized carbons (Fsp3) is 1.00. The molecule has 4 N–H and O–H groups in total. The molecule has 1 heterocycles. The van der Waals surface area contributed by atoms with Gasteiger partial charge in [-0.15, -0.1) is 0 Å². The number of nitrogens with two attached hydrogens (primary N) is 1. The monoisotopic (exact) mass is 143 g/mol. The normalized spacial score (nSPS) is 49.2. The number of nitrogens with one attached hydrogen (secondary N) is 2. The smallest absolute Gasteiger partial charge is 0.0704 e. The summed E-state index contributed by atoms with van der Waals surface area (Å²) in [7, 11) is 0. The summed E-state index contributed by atoms with van der Waals surface area (Å²) in [5.74, 6) is 0. The molecular weight excluding hydrogens is 126 g/mol. The molecule has 0 bridgehead atoms. The Labute approximate surface area is 62.4 Å². The molecule has 1 aliphatic rings. The lowest BCUT2D eigenvalue weighted by Crippen LogP contribution is -2.66. The molecule has 0 aromatic carbocycles. The molecule has 1 saturated heterocycles. The molecule has 0 spiro atoms. The van der Waals surface area contributed by atoms with Gasteiger partial charge in [0, 0.05) is 18.1 Å². The maximum Gasteiger partial charge on any atom is 0.0704 e. The van der Waals surface area contributed by atoms with Gasteiger partial charge in [-0.1, -0.05) is 0 Å². The Balaban J connectivity index is 2.46. The van der Waals surface area contributed by atoms with Gasteiger partial charge in [-0.2, -0.15) is 0 Å². The molecule has 4 atom stereocenters. The van der Waals surface area contributed by atoms with Gasteiger partial charge in [-0.05, 0) is 20.8 Å². The molecule has 0 aromatic rings. The summed E-state index contributed by atoms with van der Waals surface area (Å²) in [6.45, 7) is 6.41. The van der Waals surface area contributed by atoms with Crippen LogP contribution in [0.1, 0.15) is 20.8 Å². The van der Waals surface area contributed by atoms with E-state index in [1.165, 1.54) is 0 Å². The quantitative estimate of drug-likeness (QED) is 0.433. The summed E-state index contributed by atoms with van der Waals surface area (Å²) in [5, 5.41) is 6.69. The van der Waals surface area contributed by atoms with Gasteiger partial charge in [0.2, 0.25) is 0 Å². The molecule has 60 valence electrons. The van der Waals surface area contributed by atoms with Crippen LogP contribution in [0.5, 0.6) is 0 Å². The van der Waals surface area contributed by atoms with Crippen LogP contribution in [-0.4, -0.2) is 24.3 Å². The van der Waals surface area contributed by atoms with E-state index in [-0.39, 0.29) is 6.17 Å². The summed E-state index contributed by atoms with van der Waals surface area (Å²) < 4.78 is 0. The zero-order valence-corrected chi connectivity index (χ0v) is 6.89. The Hall–Kier alpha value is -0.120. The van der Waals surface area contributed by atoms with Gasteiger partial charge in [0.25, 0.3) is 0 Å². The van der Waals surface area contributed by atoms with Crippen LogP contribution in [0.15, 0.2) is 0 Å². The zero-order valence-electron chi connectivity index (χ0n) is 6.89. The van der Waals surface area contributed by atoms with E-state index in [4.69, 9.17) is 5.73 Å². The molecule has 10 heavy (non-hydrogen) atoms. The second-order valence-corrected chi connectivity index (χ2v) is 3.23. The Kier molecular flexibility index (Phi) is 2.28. The van der Waals surface area contributed by atoms with E-state index in [9.17, 15) is 0 Å². The minimum absolute atomic E-state index is 0.103. The predicted molar refractivity (Wildman–Crippen MR) is 42.6 cm³/mol. The molecule has 0 radical (unpaired) electrons. The standard InChI is InChI=1S/C7H17N3/c1-4-5(2)10-7(8)6(3)9-4/h4-7,9-10H,8H2,1-3H3. The molecule has 0 aliphatic carbocycles. The number of rotatable bonds is 0. The molecule has 3 nitrogen and oxygen atoms in total. The van der Waals surface area contributed by atoms with Gasteiger partial charge in [0.1, 0.15) is 0 Å². The molecule has 0 saturated carbocycles. The van der Waals surface area contributed by atoms with Crippen LogP contribution in [0.3, 0.4) is 0 Å². The third-order valence-corrected chi connectivity index (χ3v) is 2.27. The van der Waals surface area contributed by atoms with E-state index in [2.05, 4.69) is 31.4 Å². The number of hydrogen-bond donors (Lipinski definition) is 3. The van der Waals surface area contributed by atoms with E-state index >= 15 is 0 Å². The summed E-state index contributed by atoms with van der Waals surface area (Å²) in [6.07, 6.45) is 0.103. The van der Waals surface area contributed by atoms with Gasteiger partial charge in [-0.25, -0.2) is 0 Å². The van der Waals surface area contributed by atoms with Crippen molar-refractivity contribution in [2.45, 2.75) is 45.1 Å². The predicted octanol–water partition coefficient (Wildman–Crippen LogP) is -0.370. The molecule has 0 amide bonds. The highest BCUT2D eigenvalue weighted by Gasteiger charge is 2.25. The van der Waals surface area contributed by atoms with E-state index in [1.807, 2.05) is 0 Å². The van der Waals surface area contributed by atoms with Crippen molar-refractivity contribution in [3.63, 3.8) is 0 Å². The van der Waals surface area contributed by atoms with Crippen molar-refractivity contribution in [1.82, 2.24) is 10.6 Å². The molecular formula is C7H17N3. The Morgan fingerprint density at radius 2 is 1.40 bits per heavy atom. The van der Waals surface area contributed by atoms with E-state index in [0.717, 1.165) is 0 Å². The van der Waals surface area contributed by atoms with Crippen molar-refractivity contribution in [3.05, 3.63) is 0 Å². The molecule has 1 aliphatic heterocycles. The first-order valence-electron chi connectivity index (χ1n) is 3.89. The van der Waals surface area contributed by atoms with E-state index in [1.54, 1.807) is 0 Å². The third-order valence-electron chi connectivity index (χ3n) is 2.27. The Morgan fingerprint density at radius 3 is 1.90 bits per heavy atom. The molecule has 4 unspecified atom stereocenters. The first-order chi connectivity index (χ1) is 4.61. The molecule has 0 aromatic heterocycles. The average molecular weight is 143 g/mol. The molecule has 1 fully saturated rings. The SMILES string of the molecule is CC1NC(C)C(N)NC1C. The van der Waals surface area contributed by atoms with Crippen molar-refractivity contribution in [2.24, 2.45) is 5.73 Å². The first-order valence-corrected chi connectivity index (χ1v) is 3.89. The van der Waals surface area contributed by atoms with Crippen LogP contribution >= 0.6 is 0 Å². The van der Waals surface area contributed by atoms with Crippen molar-refractivity contribution >= 4 is 0 Å². The highest BCUT2D eigenvalue weighted by Crippen LogP contribution is 2.02. The van der Waals surface area contributed by atoms with Gasteiger partial charge < -0.3 is 11.1 Å². The second-order valence-electron chi connectivity index (χ2n) is 3.23. The summed E-state index contributed by atoms with van der Waals surface area (Å²) in [4.78, 5) is 0. The van der Waals surface area contributed by atoms with Crippen LogP contribution < -0.4 is 16.4 Å². The minimum Gasteiger partial charge on any atom is -0.315 e. The third kappa shape index (κ3) is 1.48. The van der Waals surface area contributed by atoms with Crippen LogP contribution in [-0.2, 0) is 0 Å². The first kappa shape index (κ1) is 7.98. The maximum absolute atomic E-state index is 5.76. The highest BCUT2D eigenvalue weighted by molar-refractivity contribution is 4.89. The van der Waals surface area contributed by atoms with Crippen molar-refractivity contribution in [3.8, 4) is 0 Å². The van der Waals surface area contributed by atoms with Crippen molar-refractivity contribution in [2.75, 3.05) is 0 Å². The van der Waals surface area contributed by atoms with Crippen LogP contribution in [0.25, 0.3) is 0 Å². The Morgan fingerprint density at radius 1 is 0.900 bits per heavy atom. The highest BCUT2D eigenvalue weighted by atomic mass is 15.2. The van der Waals surface area contributed by atoms with Gasteiger partial charge >= 0.3 is 0 Å². The van der Waals surface area contributed by atoms with E-state index < -0.39 is 0 Å². The number of piperazine rings is 1. The van der Waals surface area contributed by atoms with Gasteiger partial charge in [0.15, 0.2) is 0 Å². The summed E-state index contributed by atoms with van der Waals surface area (Å²) in [5.41, 5.74) is 5.76. The lowest BCUT2D eigenvalue weighted by atomic mass is 10.1. The maximum atomic E-state index is 5.76. The Bertz CT molecular complexity index is 89.4. The fourth-order valence-corrected chi connectivity index (χ4v) is 1.25. The number of hydrogen-bond acceptors (Lipinski definition) is 3. The van der Waals surface area contributed by atoms with Gasteiger partial charge in [-0.3, -0.25) is 5.32 Å². The fourth-order valence-electron chi connectivity index (χ4n) is 1.25. The molecule has 1 rings (SSSR count). The summed E-state index contributed by atoms with van der Waals surface area (Å²) >= 11 is 0. The second kappa shape index (κ2) is 2.86. The topological polar surface area (TPSA) is 50.1 Å². The van der Waals surface area contributed by atoms with Gasteiger partial charge in [0.05, 0.1) is 6.17 Å². The van der Waals surface area contributed by atoms with Crippen LogP contribution in [0.2, 0.25) is 0 Å². The largest absolute Gasteiger partial charge is 0.315 e. The zero-order chi connectivity index (χ0) is 7.72. The van der Waals surface area contributed by atoms with Crippen molar-refractivity contribution in [1.29, 1.82) is 0 Å². The molecule has 3 heteroatoms. The lowest BCUT2D eigenvalue weighted by Gasteiger charge is -2.37. The lowest BCUT2D eigenvalue weighted by molar-refractivity contribution is 0.242. The van der Waals surface area contributed by atoms with E-state index in [0.29, 0.717) is 18.1 Å². The van der Waals surface area contributed by atoms with Crippen LogP contribution in [0, 0.1) is 0 Å².